The van der Waals surface area contributed by atoms with Crippen LogP contribution in [0.4, 0.5) is 0 Å². The molecule has 0 atom stereocenters. The SMILES string of the molecule is CCCCCl.Cl.[NaH].[NaH]. The van der Waals surface area contributed by atoms with Crippen molar-refractivity contribution < 1.29 is 0 Å². The molecule has 0 N–H and O–H groups in total. The minimum atomic E-state index is 0. The van der Waals surface area contributed by atoms with Crippen LogP contribution in [-0.4, -0.2) is 65.0 Å². The van der Waals surface area contributed by atoms with E-state index in [-0.39, 0.29) is 71.5 Å². The Kier molecular flexibility index (Phi) is 63.5. The van der Waals surface area contributed by atoms with Gasteiger partial charge in [-0.2, -0.15) is 0 Å². The van der Waals surface area contributed by atoms with Gasteiger partial charge in [-0.1, -0.05) is 13.3 Å². The third kappa shape index (κ3) is 23.5. The van der Waals surface area contributed by atoms with E-state index < -0.39 is 0 Å². The van der Waals surface area contributed by atoms with E-state index in [2.05, 4.69) is 6.92 Å². The summed E-state index contributed by atoms with van der Waals surface area (Å²) in [5, 5.41) is 0. The fraction of sp³-hybridized carbons (Fsp3) is 1.00. The van der Waals surface area contributed by atoms with Crippen molar-refractivity contribution in [3.8, 4) is 0 Å². The van der Waals surface area contributed by atoms with Gasteiger partial charge in [0.25, 0.3) is 0 Å². The van der Waals surface area contributed by atoms with Crippen molar-refractivity contribution in [2.75, 3.05) is 5.88 Å². The first-order chi connectivity index (χ1) is 2.41. The first kappa shape index (κ1) is 22.4. The van der Waals surface area contributed by atoms with Crippen LogP contribution in [0.25, 0.3) is 0 Å². The molecular weight excluding hydrogens is 165 g/mol. The molecule has 0 aromatic rings. The van der Waals surface area contributed by atoms with E-state index in [0.717, 1.165) is 12.3 Å². The molecule has 0 unspecified atom stereocenters. The van der Waals surface area contributed by atoms with Gasteiger partial charge in [-0.3, -0.25) is 0 Å². The molecule has 0 radical (unpaired) electrons. The first-order valence-electron chi connectivity index (χ1n) is 1.97. The van der Waals surface area contributed by atoms with E-state index in [1.54, 1.807) is 0 Å². The average molecular weight is 177 g/mol. The fourth-order valence-electron chi connectivity index (χ4n) is 0.134. The van der Waals surface area contributed by atoms with Crippen molar-refractivity contribution in [3.63, 3.8) is 0 Å². The van der Waals surface area contributed by atoms with Gasteiger partial charge in [-0.15, -0.1) is 24.0 Å². The molecule has 0 aromatic carbocycles. The fourth-order valence-corrected chi connectivity index (χ4v) is 0.401. The molecule has 0 saturated carbocycles. The van der Waals surface area contributed by atoms with Gasteiger partial charge in [0, 0.05) is 5.88 Å². The second-order valence-corrected chi connectivity index (χ2v) is 1.42. The van der Waals surface area contributed by atoms with Crippen LogP contribution < -0.4 is 0 Å². The summed E-state index contributed by atoms with van der Waals surface area (Å²) in [4.78, 5) is 0. The van der Waals surface area contributed by atoms with Gasteiger partial charge in [0.2, 0.25) is 0 Å². The van der Waals surface area contributed by atoms with Crippen molar-refractivity contribution in [1.82, 2.24) is 0 Å². The number of halogens is 2. The van der Waals surface area contributed by atoms with E-state index in [1.165, 1.54) is 6.42 Å². The summed E-state index contributed by atoms with van der Waals surface area (Å²) in [7, 11) is 0. The zero-order valence-corrected chi connectivity index (χ0v) is 5.48. The van der Waals surface area contributed by atoms with Crippen molar-refractivity contribution in [1.29, 1.82) is 0 Å². The van der Waals surface area contributed by atoms with Crippen molar-refractivity contribution in [3.05, 3.63) is 0 Å². The molecule has 0 bridgehead atoms. The van der Waals surface area contributed by atoms with Crippen LogP contribution >= 0.6 is 24.0 Å². The Morgan fingerprint density at radius 1 is 1.25 bits per heavy atom. The van der Waals surface area contributed by atoms with Crippen LogP contribution in [-0.2, 0) is 0 Å². The second kappa shape index (κ2) is 22.7. The Morgan fingerprint density at radius 3 is 1.62 bits per heavy atom. The summed E-state index contributed by atoms with van der Waals surface area (Å²) in [5.74, 6) is 0.816. The van der Waals surface area contributed by atoms with Crippen LogP contribution in [0.2, 0.25) is 0 Å². The van der Waals surface area contributed by atoms with E-state index in [4.69, 9.17) is 11.6 Å². The predicted octanol–water partition coefficient (Wildman–Crippen LogP) is 1.15. The monoisotopic (exact) mass is 176 g/mol. The predicted molar refractivity (Wildman–Crippen MR) is 47.2 cm³/mol. The average Bonchev–Trinajstić information content (AvgIpc) is 1.41. The van der Waals surface area contributed by atoms with Gasteiger partial charge in [0.05, 0.1) is 0 Å². The molecule has 0 amide bonds. The zero-order valence-electron chi connectivity index (χ0n) is 3.91. The van der Waals surface area contributed by atoms with Crippen LogP contribution in [0.15, 0.2) is 0 Å². The van der Waals surface area contributed by atoms with Gasteiger partial charge in [-0.25, -0.2) is 0 Å². The molecule has 44 valence electrons. The van der Waals surface area contributed by atoms with Crippen LogP contribution in [0.5, 0.6) is 0 Å². The molecule has 0 aliphatic carbocycles. The Balaban J connectivity index is -0.0000000267. The summed E-state index contributed by atoms with van der Waals surface area (Å²) in [6, 6.07) is 0. The molecule has 0 nitrogen and oxygen atoms in total. The maximum absolute atomic E-state index is 5.30. The van der Waals surface area contributed by atoms with Crippen LogP contribution in [0, 0.1) is 0 Å². The standard InChI is InChI=1S/C4H9Cl.ClH.2Na.2H/c1-2-3-4-5;;;;;/h2-4H2,1H3;1H;;;;. The summed E-state index contributed by atoms with van der Waals surface area (Å²) in [5.41, 5.74) is 0. The third-order valence-corrected chi connectivity index (χ3v) is 0.754. The molecule has 0 saturated heterocycles. The van der Waals surface area contributed by atoms with E-state index in [1.807, 2.05) is 0 Å². The molecule has 0 aliphatic heterocycles. The van der Waals surface area contributed by atoms with Gasteiger partial charge in [0.15, 0.2) is 0 Å². The normalized spacial score (nSPS) is 5.25. The molecular formula is C4H12Cl2Na2. The Labute approximate surface area is 107 Å². The minimum absolute atomic E-state index is 0. The molecule has 0 spiro atoms. The van der Waals surface area contributed by atoms with Gasteiger partial charge in [0.1, 0.15) is 0 Å². The quantitative estimate of drug-likeness (QED) is 0.438. The Bertz CT molecular complexity index is 19.5. The molecule has 0 aliphatic rings. The number of rotatable bonds is 2. The van der Waals surface area contributed by atoms with E-state index in [0.29, 0.717) is 0 Å². The Morgan fingerprint density at radius 2 is 1.62 bits per heavy atom. The molecule has 0 heterocycles. The van der Waals surface area contributed by atoms with Crippen LogP contribution in [0.1, 0.15) is 19.8 Å². The summed E-state index contributed by atoms with van der Waals surface area (Å²) in [6.45, 7) is 2.13. The number of alkyl halides is 1. The zero-order chi connectivity index (χ0) is 4.12. The number of hydrogen-bond acceptors (Lipinski definition) is 0. The number of hydrogen-bond donors (Lipinski definition) is 0. The molecule has 0 rings (SSSR count). The van der Waals surface area contributed by atoms with E-state index >= 15 is 0 Å². The number of unbranched alkanes of at least 4 members (excludes halogenated alkanes) is 1. The summed E-state index contributed by atoms with van der Waals surface area (Å²) >= 11 is 5.30. The van der Waals surface area contributed by atoms with Crippen molar-refractivity contribution in [2.45, 2.75) is 19.8 Å². The van der Waals surface area contributed by atoms with Gasteiger partial charge in [-0.05, 0) is 6.42 Å². The van der Waals surface area contributed by atoms with Crippen molar-refractivity contribution >= 4 is 83.1 Å². The first-order valence-corrected chi connectivity index (χ1v) is 2.51. The third-order valence-electron chi connectivity index (χ3n) is 0.487. The molecule has 8 heavy (non-hydrogen) atoms. The molecule has 0 fully saturated rings. The van der Waals surface area contributed by atoms with E-state index in [9.17, 15) is 0 Å². The topological polar surface area (TPSA) is 0 Å². The summed E-state index contributed by atoms with van der Waals surface area (Å²) in [6.07, 6.45) is 2.37. The Hall–Kier alpha value is 2.58. The second-order valence-electron chi connectivity index (χ2n) is 1.04. The summed E-state index contributed by atoms with van der Waals surface area (Å²) < 4.78 is 0. The van der Waals surface area contributed by atoms with Crippen molar-refractivity contribution in [2.24, 2.45) is 0 Å². The van der Waals surface area contributed by atoms with Crippen LogP contribution in [0.3, 0.4) is 0 Å². The molecule has 4 heteroatoms. The van der Waals surface area contributed by atoms with Gasteiger partial charge < -0.3 is 0 Å². The van der Waals surface area contributed by atoms with Gasteiger partial charge >= 0.3 is 59.1 Å². The molecule has 0 aromatic heterocycles. The maximum atomic E-state index is 5.30.